The molecular formula is C19H23NO. The van der Waals surface area contributed by atoms with E-state index < -0.39 is 0 Å². The molecule has 0 bridgehead atoms. The van der Waals surface area contributed by atoms with Crippen LogP contribution in [0.25, 0.3) is 11.1 Å². The molecule has 21 heavy (non-hydrogen) atoms. The molecule has 2 aromatic carbocycles. The summed E-state index contributed by atoms with van der Waals surface area (Å²) in [6, 6.07) is 18.7. The predicted octanol–water partition coefficient (Wildman–Crippen LogP) is 3.87. The van der Waals surface area contributed by atoms with Gasteiger partial charge in [0.15, 0.2) is 0 Å². The highest BCUT2D eigenvalue weighted by molar-refractivity contribution is 5.63. The molecule has 0 radical (unpaired) electrons. The van der Waals surface area contributed by atoms with Crippen LogP contribution in [0.5, 0.6) is 0 Å². The normalized spacial score (nSPS) is 17.6. The van der Waals surface area contributed by atoms with Crippen LogP contribution < -0.4 is 0 Å². The maximum absolute atomic E-state index is 10.4. The smallest absolute Gasteiger partial charge is 0.0916 e. The Morgan fingerprint density at radius 1 is 0.810 bits per heavy atom. The second-order valence-corrected chi connectivity index (χ2v) is 5.87. The SMILES string of the molecule is O[C@H](CN1CCCCC1)c1ccc(-c2ccccc2)cc1. The summed E-state index contributed by atoms with van der Waals surface area (Å²) in [7, 11) is 0. The van der Waals surface area contributed by atoms with E-state index in [0.29, 0.717) is 0 Å². The molecular weight excluding hydrogens is 258 g/mol. The average Bonchev–Trinajstić information content (AvgIpc) is 2.57. The lowest BCUT2D eigenvalue weighted by Gasteiger charge is -2.28. The largest absolute Gasteiger partial charge is 0.387 e. The van der Waals surface area contributed by atoms with Crippen LogP contribution in [0, 0.1) is 0 Å². The second kappa shape index (κ2) is 6.88. The Hall–Kier alpha value is -1.64. The Morgan fingerprint density at radius 3 is 2.10 bits per heavy atom. The highest BCUT2D eigenvalue weighted by atomic mass is 16.3. The topological polar surface area (TPSA) is 23.5 Å². The molecule has 1 saturated heterocycles. The van der Waals surface area contributed by atoms with Gasteiger partial charge in [0, 0.05) is 6.54 Å². The van der Waals surface area contributed by atoms with E-state index >= 15 is 0 Å². The van der Waals surface area contributed by atoms with Crippen LogP contribution in [0.4, 0.5) is 0 Å². The molecule has 0 spiro atoms. The Morgan fingerprint density at radius 2 is 1.43 bits per heavy atom. The molecule has 1 fully saturated rings. The molecule has 1 N–H and O–H groups in total. The van der Waals surface area contributed by atoms with Gasteiger partial charge in [0.25, 0.3) is 0 Å². The first-order valence-corrected chi connectivity index (χ1v) is 7.89. The Kier molecular flexibility index (Phi) is 4.69. The zero-order valence-corrected chi connectivity index (χ0v) is 12.4. The van der Waals surface area contributed by atoms with Gasteiger partial charge in [0.1, 0.15) is 0 Å². The molecule has 0 amide bonds. The van der Waals surface area contributed by atoms with E-state index in [9.17, 15) is 5.11 Å². The third-order valence-corrected chi connectivity index (χ3v) is 4.28. The van der Waals surface area contributed by atoms with Gasteiger partial charge in [-0.25, -0.2) is 0 Å². The highest BCUT2D eigenvalue weighted by Gasteiger charge is 2.15. The van der Waals surface area contributed by atoms with Crippen molar-refractivity contribution in [2.75, 3.05) is 19.6 Å². The number of β-amino-alcohol motifs (C(OH)–C–C–N with tert-alkyl or cyclic N) is 1. The lowest BCUT2D eigenvalue weighted by Crippen LogP contribution is -2.33. The first-order valence-electron chi connectivity index (χ1n) is 7.89. The molecule has 2 heteroatoms. The summed E-state index contributed by atoms with van der Waals surface area (Å²) in [6.07, 6.45) is 3.48. The van der Waals surface area contributed by atoms with Crippen molar-refractivity contribution in [3.63, 3.8) is 0 Å². The van der Waals surface area contributed by atoms with Gasteiger partial charge in [0.05, 0.1) is 6.10 Å². The highest BCUT2D eigenvalue weighted by Crippen LogP contribution is 2.23. The molecule has 0 unspecified atom stereocenters. The standard InChI is InChI=1S/C19H23NO/c21-19(15-20-13-5-2-6-14-20)18-11-9-17(10-12-18)16-7-3-1-4-8-16/h1,3-4,7-12,19,21H,2,5-6,13-15H2/t19-/m1/s1. The van der Waals surface area contributed by atoms with Crippen LogP contribution in [0.1, 0.15) is 30.9 Å². The fourth-order valence-electron chi connectivity index (χ4n) is 3.02. The number of nitrogens with zero attached hydrogens (tertiary/aromatic N) is 1. The maximum Gasteiger partial charge on any atom is 0.0916 e. The number of rotatable bonds is 4. The van der Waals surface area contributed by atoms with Gasteiger partial charge in [-0.1, -0.05) is 61.0 Å². The summed E-state index contributed by atoms with van der Waals surface area (Å²) in [4.78, 5) is 2.37. The van der Waals surface area contributed by atoms with Crippen LogP contribution >= 0.6 is 0 Å². The molecule has 2 aromatic rings. The summed E-state index contributed by atoms with van der Waals surface area (Å²) < 4.78 is 0. The van der Waals surface area contributed by atoms with Crippen molar-refractivity contribution in [2.45, 2.75) is 25.4 Å². The molecule has 1 atom stereocenters. The van der Waals surface area contributed by atoms with Crippen molar-refractivity contribution >= 4 is 0 Å². The molecule has 3 rings (SSSR count). The van der Waals surface area contributed by atoms with Gasteiger partial charge in [-0.3, -0.25) is 0 Å². The van der Waals surface area contributed by atoms with Crippen LogP contribution in [0.15, 0.2) is 54.6 Å². The van der Waals surface area contributed by atoms with Crippen molar-refractivity contribution in [3.05, 3.63) is 60.2 Å². The van der Waals surface area contributed by atoms with Crippen molar-refractivity contribution < 1.29 is 5.11 Å². The van der Waals surface area contributed by atoms with Crippen molar-refractivity contribution in [1.29, 1.82) is 0 Å². The lowest BCUT2D eigenvalue weighted by molar-refractivity contribution is 0.101. The first kappa shape index (κ1) is 14.3. The van der Waals surface area contributed by atoms with Gasteiger partial charge in [-0.05, 0) is 42.6 Å². The van der Waals surface area contributed by atoms with Crippen LogP contribution in [-0.2, 0) is 0 Å². The monoisotopic (exact) mass is 281 g/mol. The van der Waals surface area contributed by atoms with Gasteiger partial charge in [-0.2, -0.15) is 0 Å². The number of aliphatic hydroxyl groups is 1. The third-order valence-electron chi connectivity index (χ3n) is 4.28. The predicted molar refractivity (Wildman–Crippen MR) is 87.1 cm³/mol. The molecule has 0 aromatic heterocycles. The van der Waals surface area contributed by atoms with Gasteiger partial charge < -0.3 is 10.0 Å². The Balaban J connectivity index is 1.66. The molecule has 110 valence electrons. The fraction of sp³-hybridized carbons (Fsp3) is 0.368. The fourth-order valence-corrected chi connectivity index (χ4v) is 3.02. The summed E-state index contributed by atoms with van der Waals surface area (Å²) >= 11 is 0. The minimum atomic E-state index is -0.382. The zero-order chi connectivity index (χ0) is 14.5. The van der Waals surface area contributed by atoms with E-state index in [0.717, 1.165) is 25.2 Å². The summed E-state index contributed by atoms with van der Waals surface area (Å²) in [5.41, 5.74) is 3.43. The quantitative estimate of drug-likeness (QED) is 0.919. The number of likely N-dealkylation sites (tertiary alicyclic amines) is 1. The molecule has 1 aliphatic rings. The maximum atomic E-state index is 10.4. The van der Waals surface area contributed by atoms with Crippen LogP contribution in [-0.4, -0.2) is 29.6 Å². The van der Waals surface area contributed by atoms with Crippen molar-refractivity contribution in [3.8, 4) is 11.1 Å². The lowest BCUT2D eigenvalue weighted by atomic mass is 10.0. The zero-order valence-electron chi connectivity index (χ0n) is 12.4. The van der Waals surface area contributed by atoms with E-state index in [1.165, 1.54) is 30.4 Å². The van der Waals surface area contributed by atoms with E-state index in [1.54, 1.807) is 0 Å². The van der Waals surface area contributed by atoms with E-state index in [2.05, 4.69) is 53.4 Å². The van der Waals surface area contributed by atoms with Gasteiger partial charge in [0.2, 0.25) is 0 Å². The first-order chi connectivity index (χ1) is 10.3. The Bertz CT molecular complexity index is 544. The van der Waals surface area contributed by atoms with Crippen molar-refractivity contribution in [2.24, 2.45) is 0 Å². The van der Waals surface area contributed by atoms with E-state index in [-0.39, 0.29) is 6.10 Å². The van der Waals surface area contributed by atoms with Crippen molar-refractivity contribution in [1.82, 2.24) is 4.90 Å². The summed E-state index contributed by atoms with van der Waals surface area (Å²) in [5, 5.41) is 10.4. The molecule has 2 nitrogen and oxygen atoms in total. The van der Waals surface area contributed by atoms with E-state index in [4.69, 9.17) is 0 Å². The molecule has 1 heterocycles. The van der Waals surface area contributed by atoms with Gasteiger partial charge in [-0.15, -0.1) is 0 Å². The minimum Gasteiger partial charge on any atom is -0.387 e. The van der Waals surface area contributed by atoms with Crippen LogP contribution in [0.3, 0.4) is 0 Å². The number of piperidine rings is 1. The second-order valence-electron chi connectivity index (χ2n) is 5.87. The van der Waals surface area contributed by atoms with Gasteiger partial charge >= 0.3 is 0 Å². The molecule has 1 aliphatic heterocycles. The summed E-state index contributed by atoms with van der Waals surface area (Å²) in [5.74, 6) is 0. The number of benzene rings is 2. The van der Waals surface area contributed by atoms with E-state index in [1.807, 2.05) is 6.07 Å². The number of aliphatic hydroxyl groups excluding tert-OH is 1. The Labute approximate surface area is 127 Å². The minimum absolute atomic E-state index is 0.382. The molecule has 0 aliphatic carbocycles. The average molecular weight is 281 g/mol. The number of hydrogen-bond acceptors (Lipinski definition) is 2. The molecule has 0 saturated carbocycles. The third kappa shape index (κ3) is 3.72. The summed E-state index contributed by atoms with van der Waals surface area (Å²) in [6.45, 7) is 3.00. The number of hydrogen-bond donors (Lipinski definition) is 1. The van der Waals surface area contributed by atoms with Crippen LogP contribution in [0.2, 0.25) is 0 Å².